The number of H-pyrrole nitrogens is 1. The first-order valence-electron chi connectivity index (χ1n) is 10.4. The molecule has 4 aromatic rings. The molecule has 0 fully saturated rings. The fourth-order valence-electron chi connectivity index (χ4n) is 4.47. The van der Waals surface area contributed by atoms with Crippen molar-refractivity contribution in [3.05, 3.63) is 77.1 Å². The Morgan fingerprint density at radius 1 is 1.20 bits per heavy atom. The molecule has 2 aromatic carbocycles. The van der Waals surface area contributed by atoms with E-state index in [2.05, 4.69) is 65.0 Å². The quantitative estimate of drug-likeness (QED) is 0.504. The van der Waals surface area contributed by atoms with Gasteiger partial charge in [-0.25, -0.2) is 14.1 Å². The molecule has 2 heterocycles. The fourth-order valence-corrected chi connectivity index (χ4v) is 4.47. The highest BCUT2D eigenvalue weighted by Gasteiger charge is 2.35. The van der Waals surface area contributed by atoms with E-state index in [0.717, 1.165) is 35.4 Å². The molecule has 30 heavy (non-hydrogen) atoms. The summed E-state index contributed by atoms with van der Waals surface area (Å²) in [5.74, 6) is 0.555. The summed E-state index contributed by atoms with van der Waals surface area (Å²) in [7, 11) is 0. The lowest BCUT2D eigenvalue weighted by molar-refractivity contribution is 0.252. The van der Waals surface area contributed by atoms with Crippen molar-refractivity contribution < 1.29 is 4.39 Å². The lowest BCUT2D eigenvalue weighted by Gasteiger charge is -2.36. The number of hydrogen-bond donors (Lipinski definition) is 2. The van der Waals surface area contributed by atoms with Gasteiger partial charge in [-0.05, 0) is 55.5 Å². The van der Waals surface area contributed by atoms with Gasteiger partial charge in [-0.15, -0.1) is 0 Å². The summed E-state index contributed by atoms with van der Waals surface area (Å²) < 4.78 is 15.5. The number of halogens is 1. The fraction of sp³-hybridized carbons (Fsp3) is 0.333. The first kappa shape index (κ1) is 19.0. The zero-order chi connectivity index (χ0) is 20.9. The molecule has 0 radical (unpaired) electrons. The molecule has 1 aliphatic carbocycles. The summed E-state index contributed by atoms with van der Waals surface area (Å²) in [4.78, 5) is 7.81. The second-order valence-electron chi connectivity index (χ2n) is 9.12. The van der Waals surface area contributed by atoms with Crippen LogP contribution in [0.25, 0.3) is 16.7 Å². The predicted molar refractivity (Wildman–Crippen MR) is 116 cm³/mol. The van der Waals surface area contributed by atoms with Crippen LogP contribution in [-0.2, 0) is 13.0 Å². The van der Waals surface area contributed by atoms with Crippen LogP contribution in [0.3, 0.4) is 0 Å². The number of benzene rings is 2. The van der Waals surface area contributed by atoms with Gasteiger partial charge in [-0.3, -0.25) is 0 Å². The van der Waals surface area contributed by atoms with Gasteiger partial charge in [-0.1, -0.05) is 31.5 Å². The maximum atomic E-state index is 13.5. The molecular weight excluding hydrogens is 377 g/mol. The third kappa shape index (κ3) is 3.52. The van der Waals surface area contributed by atoms with Crippen molar-refractivity contribution in [1.29, 1.82) is 0 Å². The average molecular weight is 404 g/mol. The van der Waals surface area contributed by atoms with Crippen LogP contribution in [0.5, 0.6) is 0 Å². The van der Waals surface area contributed by atoms with Gasteiger partial charge in [0.1, 0.15) is 11.6 Å². The summed E-state index contributed by atoms with van der Waals surface area (Å²) in [6, 6.07) is 13.3. The number of aryl methyl sites for hydroxylation is 1. The van der Waals surface area contributed by atoms with Gasteiger partial charge in [0.2, 0.25) is 0 Å². The van der Waals surface area contributed by atoms with Gasteiger partial charge >= 0.3 is 0 Å². The van der Waals surface area contributed by atoms with Crippen molar-refractivity contribution in [3.8, 4) is 5.69 Å². The van der Waals surface area contributed by atoms with Gasteiger partial charge in [0.05, 0.1) is 29.5 Å². The van der Waals surface area contributed by atoms with Crippen LogP contribution in [0.1, 0.15) is 49.0 Å². The average Bonchev–Trinajstić information content (AvgIpc) is 3.29. The van der Waals surface area contributed by atoms with Gasteiger partial charge in [0, 0.05) is 17.3 Å². The predicted octanol–water partition coefficient (Wildman–Crippen LogP) is 5.00. The van der Waals surface area contributed by atoms with E-state index < -0.39 is 0 Å². The van der Waals surface area contributed by atoms with E-state index >= 15 is 0 Å². The Morgan fingerprint density at radius 3 is 2.80 bits per heavy atom. The Kier molecular flexibility index (Phi) is 4.47. The zero-order valence-electron chi connectivity index (χ0n) is 17.5. The van der Waals surface area contributed by atoms with Gasteiger partial charge in [-0.2, -0.15) is 5.10 Å². The minimum absolute atomic E-state index is 0.157. The molecule has 1 aliphatic rings. The van der Waals surface area contributed by atoms with Crippen molar-refractivity contribution in [1.82, 2.24) is 25.1 Å². The highest BCUT2D eigenvalue weighted by molar-refractivity contribution is 5.74. The van der Waals surface area contributed by atoms with E-state index in [4.69, 9.17) is 5.10 Å². The van der Waals surface area contributed by atoms with Gasteiger partial charge in [0.15, 0.2) is 0 Å². The van der Waals surface area contributed by atoms with Crippen LogP contribution >= 0.6 is 0 Å². The van der Waals surface area contributed by atoms with E-state index in [1.807, 2.05) is 6.20 Å². The summed E-state index contributed by atoms with van der Waals surface area (Å²) in [6.07, 6.45) is 4.00. The number of nitrogens with zero attached hydrogens (tertiary/aromatic N) is 3. The Balaban J connectivity index is 1.42. The Hall–Kier alpha value is -2.99. The van der Waals surface area contributed by atoms with Crippen LogP contribution in [0, 0.1) is 18.2 Å². The van der Waals surface area contributed by atoms with E-state index in [-0.39, 0.29) is 17.3 Å². The summed E-state index contributed by atoms with van der Waals surface area (Å²) >= 11 is 0. The molecular formula is C24H26FN5. The highest BCUT2D eigenvalue weighted by Crippen LogP contribution is 2.41. The van der Waals surface area contributed by atoms with Crippen LogP contribution in [0.4, 0.5) is 4.39 Å². The molecule has 0 spiro atoms. The second kappa shape index (κ2) is 7.06. The molecule has 0 saturated carbocycles. The molecule has 5 nitrogen and oxygen atoms in total. The number of fused-ring (bicyclic) bond motifs is 2. The third-order valence-corrected chi connectivity index (χ3v) is 5.97. The molecule has 0 aliphatic heterocycles. The van der Waals surface area contributed by atoms with E-state index in [9.17, 15) is 4.39 Å². The van der Waals surface area contributed by atoms with Crippen LogP contribution in [0.2, 0.25) is 0 Å². The Morgan fingerprint density at radius 2 is 2.00 bits per heavy atom. The molecule has 0 amide bonds. The monoisotopic (exact) mass is 403 g/mol. The standard InChI is InChI=1S/C24H26FN5/c1-15-4-7-17(8-5-15)30-22-12-24(2,3)11-21(18(22)13-27-30)26-14-23-28-19-9-6-16(25)10-20(19)29-23/h4-10,13,21,26H,11-12,14H2,1-3H3,(H,28,29). The van der Waals surface area contributed by atoms with E-state index in [1.54, 1.807) is 6.07 Å². The van der Waals surface area contributed by atoms with E-state index in [1.165, 1.54) is 29.0 Å². The first-order valence-corrected chi connectivity index (χ1v) is 10.4. The topological polar surface area (TPSA) is 58.5 Å². The molecule has 5 rings (SSSR count). The van der Waals surface area contributed by atoms with Crippen LogP contribution < -0.4 is 5.32 Å². The Labute approximate surface area is 175 Å². The molecule has 1 atom stereocenters. The molecule has 6 heteroatoms. The van der Waals surface area contributed by atoms with Crippen molar-refractivity contribution in [2.75, 3.05) is 0 Å². The van der Waals surface area contributed by atoms with Crippen molar-refractivity contribution in [3.63, 3.8) is 0 Å². The minimum atomic E-state index is -0.257. The molecule has 0 saturated heterocycles. The number of nitrogens with one attached hydrogen (secondary N) is 2. The lowest BCUT2D eigenvalue weighted by atomic mass is 9.74. The Bertz CT molecular complexity index is 1200. The minimum Gasteiger partial charge on any atom is -0.341 e. The smallest absolute Gasteiger partial charge is 0.125 e. The number of imidazole rings is 1. The lowest BCUT2D eigenvalue weighted by Crippen LogP contribution is -2.33. The number of rotatable bonds is 4. The molecule has 2 aromatic heterocycles. The largest absolute Gasteiger partial charge is 0.341 e. The second-order valence-corrected chi connectivity index (χ2v) is 9.12. The SMILES string of the molecule is Cc1ccc(-n2ncc3c2CC(C)(C)CC3NCc2nc3ccc(F)cc3[nH]2)cc1. The summed E-state index contributed by atoms with van der Waals surface area (Å²) in [6.45, 7) is 7.30. The number of aromatic nitrogens is 4. The molecule has 1 unspecified atom stereocenters. The zero-order valence-corrected chi connectivity index (χ0v) is 17.5. The normalized spacial score (nSPS) is 17.9. The summed E-state index contributed by atoms with van der Waals surface area (Å²) in [5, 5.41) is 8.38. The van der Waals surface area contributed by atoms with Crippen LogP contribution in [0.15, 0.2) is 48.7 Å². The number of aromatic amines is 1. The highest BCUT2D eigenvalue weighted by atomic mass is 19.1. The summed E-state index contributed by atoms with van der Waals surface area (Å²) in [5.41, 5.74) is 6.51. The van der Waals surface area contributed by atoms with Crippen molar-refractivity contribution in [2.45, 2.75) is 46.2 Å². The molecule has 2 N–H and O–H groups in total. The molecule has 0 bridgehead atoms. The first-order chi connectivity index (χ1) is 14.4. The number of hydrogen-bond acceptors (Lipinski definition) is 3. The van der Waals surface area contributed by atoms with Crippen LogP contribution in [-0.4, -0.2) is 19.7 Å². The maximum absolute atomic E-state index is 13.5. The van der Waals surface area contributed by atoms with Crippen molar-refractivity contribution >= 4 is 11.0 Å². The van der Waals surface area contributed by atoms with E-state index in [0.29, 0.717) is 6.54 Å². The third-order valence-electron chi connectivity index (χ3n) is 5.97. The maximum Gasteiger partial charge on any atom is 0.125 e. The van der Waals surface area contributed by atoms with Gasteiger partial charge < -0.3 is 10.3 Å². The van der Waals surface area contributed by atoms with Crippen molar-refractivity contribution in [2.24, 2.45) is 5.41 Å². The molecule has 154 valence electrons. The van der Waals surface area contributed by atoms with Gasteiger partial charge in [0.25, 0.3) is 0 Å².